The average molecular weight is 419 g/mol. The molecule has 2 aromatic carbocycles. The van der Waals surface area contributed by atoms with Gasteiger partial charge in [0.15, 0.2) is 6.61 Å². The zero-order valence-electron chi connectivity index (χ0n) is 17.0. The first-order chi connectivity index (χ1) is 13.9. The van der Waals surface area contributed by atoms with Crippen LogP contribution in [0, 0.1) is 13.8 Å². The van der Waals surface area contributed by atoms with Crippen LogP contribution in [0.25, 0.3) is 0 Å². The molecule has 0 aliphatic rings. The van der Waals surface area contributed by atoms with Gasteiger partial charge in [-0.15, -0.1) is 0 Å². The number of carbonyl (C=O) groups is 2. The molecule has 0 saturated heterocycles. The Morgan fingerprint density at radius 2 is 1.59 bits per heavy atom. The van der Waals surface area contributed by atoms with Gasteiger partial charge in [0.25, 0.3) is 11.8 Å². The highest BCUT2D eigenvalue weighted by Crippen LogP contribution is 2.25. The molecular formula is C22H27ClN2O4. The third-order valence-corrected chi connectivity index (χ3v) is 4.82. The van der Waals surface area contributed by atoms with Gasteiger partial charge in [-0.05, 0) is 67.8 Å². The maximum Gasteiger partial charge on any atom is 0.276 e. The van der Waals surface area contributed by atoms with E-state index in [2.05, 4.69) is 17.8 Å². The zero-order chi connectivity index (χ0) is 21.2. The molecule has 2 N–H and O–H groups in total. The molecule has 0 bridgehead atoms. The third-order valence-electron chi connectivity index (χ3n) is 4.23. The molecule has 0 radical (unpaired) electrons. The van der Waals surface area contributed by atoms with E-state index < -0.39 is 11.8 Å². The first-order valence-corrected chi connectivity index (χ1v) is 10.00. The second-order valence-corrected chi connectivity index (χ2v) is 7.12. The molecule has 0 aliphatic heterocycles. The molecule has 0 fully saturated rings. The summed E-state index contributed by atoms with van der Waals surface area (Å²) in [6.45, 7) is 6.29. The number of ether oxygens (including phenoxy) is 2. The smallest absolute Gasteiger partial charge is 0.276 e. The molecule has 2 aromatic rings. The number of halogens is 1. The number of rotatable bonds is 9. The summed E-state index contributed by atoms with van der Waals surface area (Å²) in [5.74, 6) is 0.359. The average Bonchev–Trinajstić information content (AvgIpc) is 2.72. The Morgan fingerprint density at radius 1 is 0.931 bits per heavy atom. The van der Waals surface area contributed by atoms with Crippen molar-refractivity contribution in [1.82, 2.24) is 10.9 Å². The van der Waals surface area contributed by atoms with Gasteiger partial charge in [0.2, 0.25) is 0 Å². The van der Waals surface area contributed by atoms with Crippen molar-refractivity contribution in [3.8, 4) is 11.5 Å². The molecule has 0 heterocycles. The number of aryl methyl sites for hydroxylation is 2. The van der Waals surface area contributed by atoms with Gasteiger partial charge >= 0.3 is 0 Å². The molecule has 0 saturated carbocycles. The van der Waals surface area contributed by atoms with Crippen molar-refractivity contribution in [3.63, 3.8) is 0 Å². The normalized spacial score (nSPS) is 10.3. The number of hydrogen-bond acceptors (Lipinski definition) is 4. The second-order valence-electron chi connectivity index (χ2n) is 6.74. The lowest BCUT2D eigenvalue weighted by molar-refractivity contribution is -0.123. The minimum absolute atomic E-state index is 0.231. The van der Waals surface area contributed by atoms with Crippen LogP contribution >= 0.6 is 11.6 Å². The van der Waals surface area contributed by atoms with E-state index in [4.69, 9.17) is 21.1 Å². The van der Waals surface area contributed by atoms with Gasteiger partial charge in [0.1, 0.15) is 11.5 Å². The predicted molar refractivity (Wildman–Crippen MR) is 113 cm³/mol. The number of hydrogen-bond donors (Lipinski definition) is 2. The van der Waals surface area contributed by atoms with Crippen LogP contribution in [0.15, 0.2) is 36.4 Å². The topological polar surface area (TPSA) is 76.7 Å². The van der Waals surface area contributed by atoms with Crippen LogP contribution in [0.2, 0.25) is 5.02 Å². The molecule has 0 atom stereocenters. The maximum absolute atomic E-state index is 12.1. The fraction of sp³-hybridized carbons (Fsp3) is 0.364. The van der Waals surface area contributed by atoms with Gasteiger partial charge in [-0.3, -0.25) is 20.4 Å². The van der Waals surface area contributed by atoms with E-state index in [0.717, 1.165) is 30.4 Å². The molecule has 29 heavy (non-hydrogen) atoms. The Balaban J connectivity index is 1.76. The van der Waals surface area contributed by atoms with Crippen LogP contribution in [0.4, 0.5) is 0 Å². The summed E-state index contributed by atoms with van der Waals surface area (Å²) in [7, 11) is 0. The second kappa shape index (κ2) is 11.3. The van der Waals surface area contributed by atoms with Crippen molar-refractivity contribution < 1.29 is 19.1 Å². The number of nitrogens with one attached hydrogen (secondary N) is 2. The summed E-state index contributed by atoms with van der Waals surface area (Å²) in [5, 5.41) is 0.673. The minimum atomic E-state index is -0.473. The molecule has 0 spiro atoms. The Morgan fingerprint density at radius 3 is 2.21 bits per heavy atom. The Labute approximate surface area is 176 Å². The van der Waals surface area contributed by atoms with Crippen molar-refractivity contribution in [2.45, 2.75) is 40.0 Å². The first kappa shape index (κ1) is 22.6. The highest BCUT2D eigenvalue weighted by atomic mass is 35.5. The Kier molecular flexibility index (Phi) is 8.80. The van der Waals surface area contributed by atoms with Crippen molar-refractivity contribution >= 4 is 23.4 Å². The molecule has 156 valence electrons. The Bertz CT molecular complexity index is 814. The lowest BCUT2D eigenvalue weighted by atomic mass is 10.1. The SMILES string of the molecule is CCCCCOc1ccc(C(=O)NNC(=O)COc2cc(C)c(Cl)c(C)c2)cc1. The summed E-state index contributed by atoms with van der Waals surface area (Å²) in [6, 6.07) is 10.3. The summed E-state index contributed by atoms with van der Waals surface area (Å²) in [4.78, 5) is 24.1. The molecule has 2 amide bonds. The number of amides is 2. The van der Waals surface area contributed by atoms with E-state index in [1.165, 1.54) is 0 Å². The van der Waals surface area contributed by atoms with Crippen LogP contribution in [0.3, 0.4) is 0 Å². The van der Waals surface area contributed by atoms with Gasteiger partial charge < -0.3 is 9.47 Å². The van der Waals surface area contributed by atoms with E-state index in [1.54, 1.807) is 36.4 Å². The highest BCUT2D eigenvalue weighted by molar-refractivity contribution is 6.32. The summed E-state index contributed by atoms with van der Waals surface area (Å²) >= 11 is 6.11. The first-order valence-electron chi connectivity index (χ1n) is 9.62. The monoisotopic (exact) mass is 418 g/mol. The fourth-order valence-electron chi connectivity index (χ4n) is 2.62. The van der Waals surface area contributed by atoms with Crippen molar-refractivity contribution in [2.24, 2.45) is 0 Å². The quantitative estimate of drug-likeness (QED) is 0.468. The lowest BCUT2D eigenvalue weighted by Crippen LogP contribution is -2.43. The van der Waals surface area contributed by atoms with E-state index in [9.17, 15) is 9.59 Å². The van der Waals surface area contributed by atoms with Crippen molar-refractivity contribution in [2.75, 3.05) is 13.2 Å². The Hall–Kier alpha value is -2.73. The zero-order valence-corrected chi connectivity index (χ0v) is 17.8. The van der Waals surface area contributed by atoms with E-state index in [-0.39, 0.29) is 6.61 Å². The van der Waals surface area contributed by atoms with Crippen LogP contribution in [0.5, 0.6) is 11.5 Å². The van der Waals surface area contributed by atoms with Gasteiger partial charge in [-0.1, -0.05) is 31.4 Å². The molecule has 6 nitrogen and oxygen atoms in total. The van der Waals surface area contributed by atoms with Gasteiger partial charge in [-0.2, -0.15) is 0 Å². The molecular weight excluding hydrogens is 392 g/mol. The van der Waals surface area contributed by atoms with Crippen molar-refractivity contribution in [3.05, 3.63) is 58.1 Å². The van der Waals surface area contributed by atoms with E-state index in [0.29, 0.717) is 28.7 Å². The molecule has 0 aromatic heterocycles. The summed E-state index contributed by atoms with van der Waals surface area (Å²) < 4.78 is 11.1. The minimum Gasteiger partial charge on any atom is -0.494 e. The largest absolute Gasteiger partial charge is 0.494 e. The third kappa shape index (κ3) is 7.31. The van der Waals surface area contributed by atoms with Gasteiger partial charge in [0, 0.05) is 10.6 Å². The molecule has 2 rings (SSSR count). The number of carbonyl (C=O) groups excluding carboxylic acids is 2. The number of benzene rings is 2. The highest BCUT2D eigenvalue weighted by Gasteiger charge is 2.09. The van der Waals surface area contributed by atoms with Crippen LogP contribution < -0.4 is 20.3 Å². The predicted octanol–water partition coefficient (Wildman–Crippen LogP) is 4.37. The van der Waals surface area contributed by atoms with Gasteiger partial charge in [0.05, 0.1) is 6.61 Å². The molecule has 7 heteroatoms. The van der Waals surface area contributed by atoms with E-state index >= 15 is 0 Å². The van der Waals surface area contributed by atoms with E-state index in [1.807, 2.05) is 13.8 Å². The number of hydrazine groups is 1. The lowest BCUT2D eigenvalue weighted by Gasteiger charge is -2.11. The van der Waals surface area contributed by atoms with Crippen LogP contribution in [-0.2, 0) is 4.79 Å². The molecule has 0 unspecified atom stereocenters. The number of unbranched alkanes of at least 4 members (excludes halogenated alkanes) is 2. The standard InChI is InChI=1S/C22H27ClN2O4/c1-4-5-6-11-28-18-9-7-17(8-10-18)22(27)25-24-20(26)14-29-19-12-15(2)21(23)16(3)13-19/h7-10,12-13H,4-6,11,14H2,1-3H3,(H,24,26)(H,25,27). The van der Waals surface area contributed by atoms with Crippen LogP contribution in [-0.4, -0.2) is 25.0 Å². The van der Waals surface area contributed by atoms with Crippen LogP contribution in [0.1, 0.15) is 47.7 Å². The molecule has 0 aliphatic carbocycles. The summed E-state index contributed by atoms with van der Waals surface area (Å²) in [5.41, 5.74) is 6.85. The maximum atomic E-state index is 12.1. The fourth-order valence-corrected chi connectivity index (χ4v) is 2.73. The van der Waals surface area contributed by atoms with Gasteiger partial charge in [-0.25, -0.2) is 0 Å². The van der Waals surface area contributed by atoms with Crippen molar-refractivity contribution in [1.29, 1.82) is 0 Å². The summed E-state index contributed by atoms with van der Waals surface area (Å²) in [6.07, 6.45) is 3.27.